The molecule has 0 radical (unpaired) electrons. The first-order chi connectivity index (χ1) is 15.5. The first kappa shape index (κ1) is 21.8. The molecule has 1 aromatic heterocycles. The van der Waals surface area contributed by atoms with E-state index < -0.39 is 0 Å². The van der Waals surface area contributed by atoms with E-state index in [9.17, 15) is 9.59 Å². The van der Waals surface area contributed by atoms with Crippen molar-refractivity contribution in [2.75, 3.05) is 37.6 Å². The molecule has 2 heterocycles. The van der Waals surface area contributed by atoms with Gasteiger partial charge in [-0.3, -0.25) is 9.59 Å². The number of aromatic nitrogens is 1. The van der Waals surface area contributed by atoms with E-state index in [4.69, 9.17) is 0 Å². The number of fused-ring (bicyclic) bond motifs is 1. The molecule has 1 N–H and O–H groups in total. The number of nitrogens with zero attached hydrogens (tertiary/aromatic N) is 3. The molecule has 2 aromatic carbocycles. The van der Waals surface area contributed by atoms with Crippen molar-refractivity contribution in [2.24, 2.45) is 5.92 Å². The van der Waals surface area contributed by atoms with Crippen LogP contribution in [-0.2, 0) is 0 Å². The van der Waals surface area contributed by atoms with Crippen LogP contribution in [0.15, 0.2) is 60.8 Å². The van der Waals surface area contributed by atoms with Crippen LogP contribution in [0.1, 0.15) is 41.0 Å². The van der Waals surface area contributed by atoms with Gasteiger partial charge >= 0.3 is 0 Å². The Hall–Kier alpha value is -3.41. The molecule has 0 aliphatic carbocycles. The van der Waals surface area contributed by atoms with Gasteiger partial charge < -0.3 is 15.1 Å². The number of benzene rings is 2. The molecule has 1 atom stereocenters. The van der Waals surface area contributed by atoms with Crippen LogP contribution in [0.2, 0.25) is 0 Å². The quantitative estimate of drug-likeness (QED) is 0.643. The summed E-state index contributed by atoms with van der Waals surface area (Å²) in [6.45, 7) is 7.62. The molecule has 1 saturated heterocycles. The number of hydrogen-bond acceptors (Lipinski definition) is 4. The predicted octanol–water partition coefficient (Wildman–Crippen LogP) is 3.97. The minimum Gasteiger partial charge on any atom is -0.353 e. The lowest BCUT2D eigenvalue weighted by molar-refractivity contribution is 0.0746. The van der Waals surface area contributed by atoms with Gasteiger partial charge in [-0.1, -0.05) is 50.6 Å². The van der Waals surface area contributed by atoms with Crippen molar-refractivity contribution in [3.05, 3.63) is 71.9 Å². The maximum absolute atomic E-state index is 13.0. The fraction of sp³-hybridized carbons (Fsp3) is 0.346. The number of carbonyl (C=O) groups is 2. The van der Waals surface area contributed by atoms with Gasteiger partial charge in [0.25, 0.3) is 11.8 Å². The number of piperazine rings is 1. The molecule has 1 aliphatic rings. The highest BCUT2D eigenvalue weighted by Crippen LogP contribution is 2.19. The molecule has 32 heavy (non-hydrogen) atoms. The van der Waals surface area contributed by atoms with Gasteiger partial charge in [-0.15, -0.1) is 0 Å². The fourth-order valence-corrected chi connectivity index (χ4v) is 3.86. The van der Waals surface area contributed by atoms with E-state index in [-0.39, 0.29) is 11.8 Å². The third-order valence-corrected chi connectivity index (χ3v) is 6.21. The Bertz CT molecular complexity index is 1090. The van der Waals surface area contributed by atoms with E-state index >= 15 is 0 Å². The number of nitrogens with one attached hydrogen (secondary N) is 1. The monoisotopic (exact) mass is 430 g/mol. The molecule has 4 rings (SSSR count). The summed E-state index contributed by atoms with van der Waals surface area (Å²) in [5.74, 6) is 1.27. The summed E-state index contributed by atoms with van der Waals surface area (Å²) in [6.07, 6.45) is 2.67. The zero-order valence-corrected chi connectivity index (χ0v) is 18.8. The first-order valence-corrected chi connectivity index (χ1v) is 11.3. The zero-order valence-electron chi connectivity index (χ0n) is 18.8. The number of carbonyl (C=O) groups excluding carboxylic acids is 2. The van der Waals surface area contributed by atoms with Crippen molar-refractivity contribution in [1.82, 2.24) is 15.2 Å². The Balaban J connectivity index is 1.33. The van der Waals surface area contributed by atoms with Crippen LogP contribution in [0.5, 0.6) is 0 Å². The Labute approximate surface area is 189 Å². The van der Waals surface area contributed by atoms with Gasteiger partial charge in [0.1, 0.15) is 5.82 Å². The molecule has 1 aliphatic heterocycles. The third kappa shape index (κ3) is 4.90. The molecule has 0 bridgehead atoms. The van der Waals surface area contributed by atoms with Gasteiger partial charge in [0.2, 0.25) is 0 Å². The summed E-state index contributed by atoms with van der Waals surface area (Å²) < 4.78 is 0. The summed E-state index contributed by atoms with van der Waals surface area (Å²) in [4.78, 5) is 33.8. The molecule has 0 saturated carbocycles. The second kappa shape index (κ2) is 9.81. The smallest absolute Gasteiger partial charge is 0.253 e. The minimum atomic E-state index is -0.0878. The van der Waals surface area contributed by atoms with Crippen LogP contribution in [0.25, 0.3) is 10.8 Å². The molecule has 1 unspecified atom stereocenters. The van der Waals surface area contributed by atoms with Gasteiger partial charge in [-0.05, 0) is 41.0 Å². The third-order valence-electron chi connectivity index (χ3n) is 6.21. The van der Waals surface area contributed by atoms with Gasteiger partial charge in [0.15, 0.2) is 0 Å². The van der Waals surface area contributed by atoms with Crippen molar-refractivity contribution in [3.63, 3.8) is 0 Å². The fourth-order valence-electron chi connectivity index (χ4n) is 3.86. The van der Waals surface area contributed by atoms with Crippen LogP contribution in [0.4, 0.5) is 5.82 Å². The lowest BCUT2D eigenvalue weighted by Crippen LogP contribution is -2.49. The van der Waals surface area contributed by atoms with Gasteiger partial charge in [-0.2, -0.15) is 0 Å². The van der Waals surface area contributed by atoms with Gasteiger partial charge in [0.05, 0.1) is 5.56 Å². The second-order valence-corrected chi connectivity index (χ2v) is 8.47. The Morgan fingerprint density at radius 2 is 1.69 bits per heavy atom. The highest BCUT2D eigenvalue weighted by atomic mass is 16.2. The van der Waals surface area contributed by atoms with E-state index in [1.54, 1.807) is 6.20 Å². The molecule has 166 valence electrons. The maximum Gasteiger partial charge on any atom is 0.253 e. The predicted molar refractivity (Wildman–Crippen MR) is 128 cm³/mol. The highest BCUT2D eigenvalue weighted by molar-refractivity contribution is 5.98. The molecule has 3 aromatic rings. The lowest BCUT2D eigenvalue weighted by atomic mass is 10.1. The SMILES string of the molecule is CCC(C)CNC(=O)c1ccc(N2CCN(C(=O)c3ccc4ccccc4c3)CC2)nc1. The average molecular weight is 431 g/mol. The van der Waals surface area contributed by atoms with Crippen molar-refractivity contribution >= 4 is 28.4 Å². The molecule has 0 spiro atoms. The van der Waals surface area contributed by atoms with E-state index in [2.05, 4.69) is 35.1 Å². The average Bonchev–Trinajstić information content (AvgIpc) is 2.86. The second-order valence-electron chi connectivity index (χ2n) is 8.47. The number of pyridine rings is 1. The number of rotatable bonds is 6. The molecule has 1 fully saturated rings. The van der Waals surface area contributed by atoms with Crippen LogP contribution in [0, 0.1) is 5.92 Å². The summed E-state index contributed by atoms with van der Waals surface area (Å²) in [6, 6.07) is 17.7. The van der Waals surface area contributed by atoms with E-state index in [0.717, 1.165) is 28.6 Å². The molecular weight excluding hydrogens is 400 g/mol. The van der Waals surface area contributed by atoms with Gasteiger partial charge in [0, 0.05) is 44.5 Å². The van der Waals surface area contributed by atoms with Crippen molar-refractivity contribution in [3.8, 4) is 0 Å². The summed E-state index contributed by atoms with van der Waals surface area (Å²) in [5, 5.41) is 5.17. The van der Waals surface area contributed by atoms with Crippen LogP contribution < -0.4 is 10.2 Å². The number of hydrogen-bond donors (Lipinski definition) is 1. The van der Waals surface area contributed by atoms with Crippen LogP contribution >= 0.6 is 0 Å². The largest absolute Gasteiger partial charge is 0.353 e. The summed E-state index contributed by atoms with van der Waals surface area (Å²) >= 11 is 0. The first-order valence-electron chi connectivity index (χ1n) is 11.3. The summed E-state index contributed by atoms with van der Waals surface area (Å²) in [5.41, 5.74) is 1.30. The highest BCUT2D eigenvalue weighted by Gasteiger charge is 2.23. The Morgan fingerprint density at radius 3 is 2.38 bits per heavy atom. The topological polar surface area (TPSA) is 65.5 Å². The molecule has 6 nitrogen and oxygen atoms in total. The van der Waals surface area contributed by atoms with Gasteiger partial charge in [-0.25, -0.2) is 4.98 Å². The van der Waals surface area contributed by atoms with Crippen LogP contribution in [-0.4, -0.2) is 54.4 Å². The van der Waals surface area contributed by atoms with Crippen molar-refractivity contribution in [1.29, 1.82) is 0 Å². The molecule has 6 heteroatoms. The number of anilines is 1. The Morgan fingerprint density at radius 1 is 0.969 bits per heavy atom. The maximum atomic E-state index is 13.0. The van der Waals surface area contributed by atoms with E-state index in [1.807, 2.05) is 53.4 Å². The summed E-state index contributed by atoms with van der Waals surface area (Å²) in [7, 11) is 0. The van der Waals surface area contributed by atoms with Crippen molar-refractivity contribution in [2.45, 2.75) is 20.3 Å². The van der Waals surface area contributed by atoms with E-state index in [1.165, 1.54) is 0 Å². The standard InChI is InChI=1S/C26H30N4O2/c1-3-19(2)17-28-25(31)23-10-11-24(27-18-23)29-12-14-30(15-13-29)26(32)22-9-8-20-6-4-5-7-21(20)16-22/h4-11,16,18-19H,3,12-15,17H2,1-2H3,(H,28,31). The van der Waals surface area contributed by atoms with E-state index in [0.29, 0.717) is 44.2 Å². The molecular formula is C26H30N4O2. The normalized spacial score (nSPS) is 14.9. The molecule has 2 amide bonds. The number of amides is 2. The zero-order chi connectivity index (χ0) is 22.5. The lowest BCUT2D eigenvalue weighted by Gasteiger charge is -2.35. The Kier molecular flexibility index (Phi) is 6.69. The van der Waals surface area contributed by atoms with Crippen molar-refractivity contribution < 1.29 is 9.59 Å². The minimum absolute atomic E-state index is 0.0664. The van der Waals surface area contributed by atoms with Crippen LogP contribution in [0.3, 0.4) is 0 Å².